The summed E-state index contributed by atoms with van der Waals surface area (Å²) in [4.78, 5) is 31.6. The highest BCUT2D eigenvalue weighted by atomic mass is 19.4. The van der Waals surface area contributed by atoms with Crippen LogP contribution in [0, 0.1) is 0 Å². The molecule has 0 saturated carbocycles. The number of carbonyl (C=O) groups is 2. The number of hydrogen-bond acceptors (Lipinski definition) is 6. The summed E-state index contributed by atoms with van der Waals surface area (Å²) in [5.41, 5.74) is 0. The first-order chi connectivity index (χ1) is 11.0. The molecule has 1 heterocycles. The smallest absolute Gasteiger partial charge is 0.480 e. The van der Waals surface area contributed by atoms with Gasteiger partial charge in [-0.15, -0.1) is 0 Å². The molecule has 0 spiro atoms. The van der Waals surface area contributed by atoms with E-state index in [1.54, 1.807) is 22.1 Å². The first-order valence-electron chi connectivity index (χ1n) is 6.76. The quantitative estimate of drug-likeness (QED) is 0.793. The Balaban J connectivity index is 0.000000640. The Hall–Kier alpha value is -2.59. The van der Waals surface area contributed by atoms with Gasteiger partial charge in [0.1, 0.15) is 12.4 Å². The van der Waals surface area contributed by atoms with Crippen LogP contribution in [0.25, 0.3) is 0 Å². The van der Waals surface area contributed by atoms with E-state index >= 15 is 0 Å². The lowest BCUT2D eigenvalue weighted by atomic mass is 10.4. The molecule has 24 heavy (non-hydrogen) atoms. The summed E-state index contributed by atoms with van der Waals surface area (Å²) in [5.74, 6) is -2.39. The van der Waals surface area contributed by atoms with E-state index in [1.165, 1.54) is 0 Å². The molecule has 0 unspecified atom stereocenters. The van der Waals surface area contributed by atoms with Crippen LogP contribution in [0.1, 0.15) is 13.3 Å². The van der Waals surface area contributed by atoms with Crippen molar-refractivity contribution in [1.82, 2.24) is 9.97 Å². The van der Waals surface area contributed by atoms with Crippen molar-refractivity contribution < 1.29 is 33.0 Å². The van der Waals surface area contributed by atoms with Gasteiger partial charge in [0.15, 0.2) is 0 Å². The summed E-state index contributed by atoms with van der Waals surface area (Å²) in [6.45, 7) is 2.62. The van der Waals surface area contributed by atoms with Crippen molar-refractivity contribution in [2.45, 2.75) is 19.5 Å². The van der Waals surface area contributed by atoms with Gasteiger partial charge in [0, 0.05) is 26.8 Å². The zero-order valence-corrected chi connectivity index (χ0v) is 13.4. The van der Waals surface area contributed by atoms with E-state index in [4.69, 9.17) is 15.0 Å². The third-order valence-electron chi connectivity index (χ3n) is 2.41. The molecule has 1 aromatic heterocycles. The molecular formula is C13H19F3N4O4. The highest BCUT2D eigenvalue weighted by Crippen LogP contribution is 2.14. The molecule has 136 valence electrons. The highest BCUT2D eigenvalue weighted by molar-refractivity contribution is 5.73. The standard InChI is InChI=1S/C11H18N4O2.C2HF3O2/c1-4-7-15(8-10(16)17)9-5-6-12-11(13-9)14(2)3;3-2(4,5)1(6)7/h5-6H,4,7-8H2,1-3H3,(H,16,17);(H,6,7). The fourth-order valence-corrected chi connectivity index (χ4v) is 1.44. The van der Waals surface area contributed by atoms with Crippen molar-refractivity contribution in [3.63, 3.8) is 0 Å². The molecule has 0 radical (unpaired) electrons. The Morgan fingerprint density at radius 3 is 2.17 bits per heavy atom. The molecule has 0 aliphatic heterocycles. The van der Waals surface area contributed by atoms with Crippen molar-refractivity contribution in [3.05, 3.63) is 12.3 Å². The van der Waals surface area contributed by atoms with Gasteiger partial charge in [-0.2, -0.15) is 18.2 Å². The third-order valence-corrected chi connectivity index (χ3v) is 2.41. The number of halogens is 3. The summed E-state index contributed by atoms with van der Waals surface area (Å²) in [5, 5.41) is 16.0. The lowest BCUT2D eigenvalue weighted by Gasteiger charge is -2.22. The number of carboxylic acid groups (broad SMARTS) is 2. The zero-order valence-electron chi connectivity index (χ0n) is 13.4. The largest absolute Gasteiger partial charge is 0.490 e. The summed E-state index contributed by atoms with van der Waals surface area (Å²) in [7, 11) is 3.70. The summed E-state index contributed by atoms with van der Waals surface area (Å²) in [6, 6.07) is 1.73. The van der Waals surface area contributed by atoms with Gasteiger partial charge >= 0.3 is 18.1 Å². The maximum atomic E-state index is 10.8. The Kier molecular flexibility index (Phi) is 8.50. The Morgan fingerprint density at radius 2 is 1.79 bits per heavy atom. The third kappa shape index (κ3) is 8.15. The van der Waals surface area contributed by atoms with Gasteiger partial charge < -0.3 is 20.0 Å². The molecule has 0 bridgehead atoms. The zero-order chi connectivity index (χ0) is 18.9. The van der Waals surface area contributed by atoms with Crippen LogP contribution in [-0.4, -0.2) is 65.5 Å². The Morgan fingerprint density at radius 1 is 1.25 bits per heavy atom. The minimum absolute atomic E-state index is 0.0439. The molecule has 2 N–H and O–H groups in total. The molecule has 0 amide bonds. The van der Waals surface area contributed by atoms with Crippen molar-refractivity contribution in [3.8, 4) is 0 Å². The van der Waals surface area contributed by atoms with Crippen LogP contribution in [0.5, 0.6) is 0 Å². The minimum atomic E-state index is -5.08. The van der Waals surface area contributed by atoms with E-state index in [0.29, 0.717) is 18.3 Å². The maximum absolute atomic E-state index is 10.8. The predicted octanol–water partition coefficient (Wildman–Crippen LogP) is 1.48. The van der Waals surface area contributed by atoms with E-state index in [1.807, 2.05) is 21.0 Å². The van der Waals surface area contributed by atoms with Crippen LogP contribution < -0.4 is 9.80 Å². The van der Waals surface area contributed by atoms with Crippen LogP contribution >= 0.6 is 0 Å². The van der Waals surface area contributed by atoms with Gasteiger partial charge in [-0.05, 0) is 12.5 Å². The molecular weight excluding hydrogens is 333 g/mol. The van der Waals surface area contributed by atoms with Gasteiger partial charge in [0.2, 0.25) is 5.95 Å². The van der Waals surface area contributed by atoms with E-state index in [0.717, 1.165) is 6.42 Å². The molecule has 0 aromatic carbocycles. The fraction of sp³-hybridized carbons (Fsp3) is 0.538. The second kappa shape index (κ2) is 9.53. The van der Waals surface area contributed by atoms with Crippen LogP contribution in [0.15, 0.2) is 12.3 Å². The van der Waals surface area contributed by atoms with Gasteiger partial charge in [-0.1, -0.05) is 6.92 Å². The topological polar surface area (TPSA) is 107 Å². The molecule has 0 aliphatic rings. The van der Waals surface area contributed by atoms with Gasteiger partial charge in [-0.3, -0.25) is 4.79 Å². The number of aliphatic carboxylic acids is 2. The van der Waals surface area contributed by atoms with Gasteiger partial charge in [-0.25, -0.2) is 9.78 Å². The molecule has 1 aromatic rings. The van der Waals surface area contributed by atoms with E-state index in [2.05, 4.69) is 9.97 Å². The first-order valence-corrected chi connectivity index (χ1v) is 6.76. The lowest BCUT2D eigenvalue weighted by Crippen LogP contribution is -2.31. The monoisotopic (exact) mass is 352 g/mol. The average Bonchev–Trinajstić information content (AvgIpc) is 2.46. The van der Waals surface area contributed by atoms with Gasteiger partial charge in [0.25, 0.3) is 0 Å². The summed E-state index contributed by atoms with van der Waals surface area (Å²) >= 11 is 0. The lowest BCUT2D eigenvalue weighted by molar-refractivity contribution is -0.192. The predicted molar refractivity (Wildman–Crippen MR) is 80.2 cm³/mol. The van der Waals surface area contributed by atoms with Crippen molar-refractivity contribution in [2.75, 3.05) is 37.0 Å². The summed E-state index contributed by atoms with van der Waals surface area (Å²) < 4.78 is 31.7. The molecule has 0 fully saturated rings. The summed E-state index contributed by atoms with van der Waals surface area (Å²) in [6.07, 6.45) is -2.57. The molecule has 11 heteroatoms. The van der Waals surface area contributed by atoms with E-state index in [9.17, 15) is 18.0 Å². The molecule has 1 rings (SSSR count). The second-order valence-corrected chi connectivity index (χ2v) is 4.73. The number of alkyl halides is 3. The minimum Gasteiger partial charge on any atom is -0.480 e. The fourth-order valence-electron chi connectivity index (χ4n) is 1.44. The highest BCUT2D eigenvalue weighted by Gasteiger charge is 2.38. The van der Waals surface area contributed by atoms with Crippen LogP contribution in [-0.2, 0) is 9.59 Å². The van der Waals surface area contributed by atoms with E-state index < -0.39 is 18.1 Å². The molecule has 8 nitrogen and oxygen atoms in total. The number of carboxylic acids is 2. The Bertz CT molecular complexity index is 552. The molecule has 0 saturated heterocycles. The average molecular weight is 352 g/mol. The second-order valence-electron chi connectivity index (χ2n) is 4.73. The van der Waals surface area contributed by atoms with Crippen LogP contribution in [0.3, 0.4) is 0 Å². The normalized spacial score (nSPS) is 10.4. The number of aromatic nitrogens is 2. The number of nitrogens with zero attached hydrogens (tertiary/aromatic N) is 4. The number of hydrogen-bond donors (Lipinski definition) is 2. The van der Waals surface area contributed by atoms with Gasteiger partial charge in [0.05, 0.1) is 0 Å². The van der Waals surface area contributed by atoms with Crippen molar-refractivity contribution in [2.24, 2.45) is 0 Å². The Labute approximate surface area is 136 Å². The first kappa shape index (κ1) is 21.4. The van der Waals surface area contributed by atoms with E-state index in [-0.39, 0.29) is 6.54 Å². The van der Waals surface area contributed by atoms with Crippen molar-refractivity contribution in [1.29, 1.82) is 0 Å². The molecule has 0 atom stereocenters. The number of rotatable bonds is 6. The molecule has 0 aliphatic carbocycles. The maximum Gasteiger partial charge on any atom is 0.490 e. The number of anilines is 2. The van der Waals surface area contributed by atoms with Crippen molar-refractivity contribution >= 4 is 23.7 Å². The SMILES string of the molecule is CCCN(CC(=O)O)c1ccnc(N(C)C)n1.O=C(O)C(F)(F)F. The van der Waals surface area contributed by atoms with Crippen LogP contribution in [0.4, 0.5) is 24.9 Å². The van der Waals surface area contributed by atoms with Crippen LogP contribution in [0.2, 0.25) is 0 Å².